The lowest BCUT2D eigenvalue weighted by molar-refractivity contribution is -0.132. The summed E-state index contributed by atoms with van der Waals surface area (Å²) < 4.78 is 0. The van der Waals surface area contributed by atoms with E-state index in [1.165, 1.54) is 5.56 Å². The highest BCUT2D eigenvalue weighted by atomic mass is 16.2. The number of rotatable bonds is 2. The standard InChI is InChI=1S/C15H20N2O/c18-15(14-7-4-9-16-14)17-10-8-13(11-17)12-5-2-1-3-6-12/h1-3,5-6,13-14,16H,4,7-11H2/t13-,14-/m1/s1. The number of nitrogens with zero attached hydrogens (tertiary/aromatic N) is 1. The molecule has 2 heterocycles. The molecule has 0 spiro atoms. The Labute approximate surface area is 108 Å². The van der Waals surface area contributed by atoms with Crippen molar-refractivity contribution in [3.63, 3.8) is 0 Å². The van der Waals surface area contributed by atoms with Crippen molar-refractivity contribution in [1.82, 2.24) is 10.2 Å². The lowest BCUT2D eigenvalue weighted by Gasteiger charge is -2.20. The minimum absolute atomic E-state index is 0.0829. The molecule has 2 atom stereocenters. The average Bonchev–Trinajstić information content (AvgIpc) is 3.10. The van der Waals surface area contributed by atoms with Crippen LogP contribution in [0.15, 0.2) is 30.3 Å². The third kappa shape index (κ3) is 2.27. The van der Waals surface area contributed by atoms with Gasteiger partial charge in [-0.1, -0.05) is 30.3 Å². The first kappa shape index (κ1) is 11.7. The molecule has 2 aliphatic heterocycles. The van der Waals surface area contributed by atoms with Crippen molar-refractivity contribution < 1.29 is 4.79 Å². The molecule has 0 radical (unpaired) electrons. The van der Waals surface area contributed by atoms with Crippen LogP contribution in [0.3, 0.4) is 0 Å². The van der Waals surface area contributed by atoms with E-state index in [0.717, 1.165) is 38.9 Å². The monoisotopic (exact) mass is 244 g/mol. The number of benzene rings is 1. The number of carbonyl (C=O) groups excluding carboxylic acids is 1. The quantitative estimate of drug-likeness (QED) is 0.859. The van der Waals surface area contributed by atoms with Gasteiger partial charge in [0.15, 0.2) is 0 Å². The number of amides is 1. The van der Waals surface area contributed by atoms with Crippen LogP contribution in [-0.2, 0) is 4.79 Å². The van der Waals surface area contributed by atoms with Gasteiger partial charge < -0.3 is 10.2 Å². The van der Waals surface area contributed by atoms with Gasteiger partial charge in [0.1, 0.15) is 0 Å². The van der Waals surface area contributed by atoms with Gasteiger partial charge in [0.2, 0.25) is 5.91 Å². The van der Waals surface area contributed by atoms with E-state index in [4.69, 9.17) is 0 Å². The van der Waals surface area contributed by atoms with E-state index in [2.05, 4.69) is 29.6 Å². The Morgan fingerprint density at radius 3 is 2.78 bits per heavy atom. The van der Waals surface area contributed by atoms with Gasteiger partial charge in [-0.2, -0.15) is 0 Å². The molecule has 3 rings (SSSR count). The second kappa shape index (κ2) is 5.11. The third-order valence-corrected chi connectivity index (χ3v) is 4.13. The van der Waals surface area contributed by atoms with Crippen LogP contribution in [0.1, 0.15) is 30.7 Å². The number of carbonyl (C=O) groups is 1. The van der Waals surface area contributed by atoms with Gasteiger partial charge in [-0.05, 0) is 31.4 Å². The molecule has 0 aromatic heterocycles. The number of likely N-dealkylation sites (tertiary alicyclic amines) is 1. The smallest absolute Gasteiger partial charge is 0.239 e. The molecule has 1 amide bonds. The van der Waals surface area contributed by atoms with Crippen LogP contribution in [0.4, 0.5) is 0 Å². The van der Waals surface area contributed by atoms with Crippen LogP contribution in [-0.4, -0.2) is 36.5 Å². The van der Waals surface area contributed by atoms with Crippen LogP contribution >= 0.6 is 0 Å². The summed E-state index contributed by atoms with van der Waals surface area (Å²) in [7, 11) is 0. The molecule has 1 aromatic carbocycles. The summed E-state index contributed by atoms with van der Waals surface area (Å²) in [5.41, 5.74) is 1.37. The first-order valence-corrected chi connectivity index (χ1v) is 6.92. The summed E-state index contributed by atoms with van der Waals surface area (Å²) >= 11 is 0. The number of hydrogen-bond donors (Lipinski definition) is 1. The minimum atomic E-state index is 0.0829. The van der Waals surface area contributed by atoms with Crippen LogP contribution in [0, 0.1) is 0 Å². The Morgan fingerprint density at radius 1 is 1.22 bits per heavy atom. The van der Waals surface area contributed by atoms with E-state index >= 15 is 0 Å². The summed E-state index contributed by atoms with van der Waals surface area (Å²) in [6.45, 7) is 2.80. The fourth-order valence-corrected chi connectivity index (χ4v) is 3.07. The zero-order chi connectivity index (χ0) is 12.4. The summed E-state index contributed by atoms with van der Waals surface area (Å²) in [6.07, 6.45) is 3.24. The van der Waals surface area contributed by atoms with E-state index in [1.807, 2.05) is 11.0 Å². The largest absolute Gasteiger partial charge is 0.341 e. The average molecular weight is 244 g/mol. The molecule has 0 bridgehead atoms. The summed E-state index contributed by atoms with van der Waals surface area (Å²) in [5.74, 6) is 0.836. The minimum Gasteiger partial charge on any atom is -0.341 e. The van der Waals surface area contributed by atoms with E-state index in [0.29, 0.717) is 11.8 Å². The van der Waals surface area contributed by atoms with Gasteiger partial charge in [0.25, 0.3) is 0 Å². The highest BCUT2D eigenvalue weighted by Gasteiger charge is 2.32. The second-order valence-electron chi connectivity index (χ2n) is 5.33. The molecule has 96 valence electrons. The highest BCUT2D eigenvalue weighted by Crippen LogP contribution is 2.27. The van der Waals surface area contributed by atoms with Crippen LogP contribution < -0.4 is 5.32 Å². The van der Waals surface area contributed by atoms with Crippen molar-refractivity contribution in [3.05, 3.63) is 35.9 Å². The lowest BCUT2D eigenvalue weighted by atomic mass is 9.99. The van der Waals surface area contributed by atoms with Crippen molar-refractivity contribution in [2.24, 2.45) is 0 Å². The zero-order valence-electron chi connectivity index (χ0n) is 10.6. The molecule has 0 aliphatic carbocycles. The van der Waals surface area contributed by atoms with Crippen molar-refractivity contribution in [2.75, 3.05) is 19.6 Å². The molecule has 0 saturated carbocycles. The predicted octanol–water partition coefficient (Wildman–Crippen LogP) is 1.75. The van der Waals surface area contributed by atoms with Crippen molar-refractivity contribution >= 4 is 5.91 Å². The normalized spacial score (nSPS) is 27.7. The fraction of sp³-hybridized carbons (Fsp3) is 0.533. The van der Waals surface area contributed by atoms with Crippen molar-refractivity contribution in [1.29, 1.82) is 0 Å². The van der Waals surface area contributed by atoms with Gasteiger partial charge in [-0.3, -0.25) is 4.79 Å². The molecule has 18 heavy (non-hydrogen) atoms. The SMILES string of the molecule is O=C([C@H]1CCCN1)N1CC[C@@H](c2ccccc2)C1. The molecule has 1 N–H and O–H groups in total. The Kier molecular flexibility index (Phi) is 3.33. The maximum atomic E-state index is 12.3. The molecule has 2 aliphatic rings. The molecular weight excluding hydrogens is 224 g/mol. The van der Waals surface area contributed by atoms with Gasteiger partial charge in [0, 0.05) is 19.0 Å². The topological polar surface area (TPSA) is 32.3 Å². The number of nitrogens with one attached hydrogen (secondary N) is 1. The Bertz CT molecular complexity index is 412. The second-order valence-corrected chi connectivity index (χ2v) is 5.33. The first-order chi connectivity index (χ1) is 8.84. The Hall–Kier alpha value is -1.35. The molecule has 2 fully saturated rings. The summed E-state index contributed by atoms with van der Waals surface area (Å²) in [6, 6.07) is 10.6. The van der Waals surface area contributed by atoms with Crippen LogP contribution in [0.5, 0.6) is 0 Å². The van der Waals surface area contributed by atoms with Crippen LogP contribution in [0.2, 0.25) is 0 Å². The van der Waals surface area contributed by atoms with Gasteiger partial charge in [-0.25, -0.2) is 0 Å². The van der Waals surface area contributed by atoms with E-state index in [-0.39, 0.29) is 6.04 Å². The molecule has 3 nitrogen and oxygen atoms in total. The van der Waals surface area contributed by atoms with Gasteiger partial charge in [-0.15, -0.1) is 0 Å². The van der Waals surface area contributed by atoms with Crippen molar-refractivity contribution in [2.45, 2.75) is 31.2 Å². The van der Waals surface area contributed by atoms with E-state index in [9.17, 15) is 4.79 Å². The molecule has 1 aromatic rings. The predicted molar refractivity (Wildman–Crippen MR) is 71.4 cm³/mol. The molecular formula is C15H20N2O. The van der Waals surface area contributed by atoms with Crippen LogP contribution in [0.25, 0.3) is 0 Å². The summed E-state index contributed by atoms with van der Waals surface area (Å²) in [4.78, 5) is 14.3. The zero-order valence-corrected chi connectivity index (χ0v) is 10.6. The van der Waals surface area contributed by atoms with Gasteiger partial charge >= 0.3 is 0 Å². The molecule has 3 heteroatoms. The lowest BCUT2D eigenvalue weighted by Crippen LogP contribution is -2.42. The van der Waals surface area contributed by atoms with E-state index < -0.39 is 0 Å². The fourth-order valence-electron chi connectivity index (χ4n) is 3.07. The van der Waals surface area contributed by atoms with Crippen molar-refractivity contribution in [3.8, 4) is 0 Å². The molecule has 2 saturated heterocycles. The summed E-state index contributed by atoms with van der Waals surface area (Å²) in [5, 5.41) is 3.30. The Morgan fingerprint density at radius 2 is 2.06 bits per heavy atom. The maximum absolute atomic E-state index is 12.3. The Balaban J connectivity index is 1.63. The first-order valence-electron chi connectivity index (χ1n) is 6.92. The highest BCUT2D eigenvalue weighted by molar-refractivity contribution is 5.82. The van der Waals surface area contributed by atoms with E-state index in [1.54, 1.807) is 0 Å². The molecule has 0 unspecified atom stereocenters. The van der Waals surface area contributed by atoms with Gasteiger partial charge in [0.05, 0.1) is 6.04 Å². The third-order valence-electron chi connectivity index (χ3n) is 4.13. The maximum Gasteiger partial charge on any atom is 0.239 e. The number of hydrogen-bond acceptors (Lipinski definition) is 2.